The summed E-state index contributed by atoms with van der Waals surface area (Å²) in [6.45, 7) is 2.51. The van der Waals surface area contributed by atoms with Crippen molar-refractivity contribution in [1.29, 1.82) is 0 Å². The quantitative estimate of drug-likeness (QED) is 0.415. The van der Waals surface area contributed by atoms with Crippen molar-refractivity contribution >= 4 is 23.3 Å². The van der Waals surface area contributed by atoms with Crippen molar-refractivity contribution in [2.24, 2.45) is 0 Å². The molecule has 1 amide bonds. The molecule has 2 heterocycles. The number of hydrogen-bond donors (Lipinski definition) is 1. The second-order valence-electron chi connectivity index (χ2n) is 6.91. The molecule has 0 radical (unpaired) electrons. The fraction of sp³-hybridized carbons (Fsp3) is 0.130. The van der Waals surface area contributed by atoms with E-state index in [1.54, 1.807) is 35.1 Å². The van der Waals surface area contributed by atoms with Crippen LogP contribution in [0.1, 0.15) is 27.4 Å². The van der Waals surface area contributed by atoms with Crippen LogP contribution in [0.15, 0.2) is 71.3 Å². The third kappa shape index (κ3) is 5.13. The Hall–Kier alpha value is -3.58. The van der Waals surface area contributed by atoms with Gasteiger partial charge in [-0.1, -0.05) is 35.9 Å². The number of halogens is 2. The Morgan fingerprint density at radius 1 is 1.19 bits per heavy atom. The van der Waals surface area contributed by atoms with Crippen molar-refractivity contribution in [3.05, 3.63) is 100 Å². The third-order valence-electron chi connectivity index (χ3n) is 4.58. The number of amides is 1. The molecule has 0 aliphatic carbocycles. The molecule has 0 saturated carbocycles. The van der Waals surface area contributed by atoms with Gasteiger partial charge in [0.15, 0.2) is 11.6 Å². The molecule has 0 atom stereocenters. The molecule has 0 fully saturated rings. The first kappa shape index (κ1) is 20.7. The number of carbonyl (C=O) groups excluding carboxylic acids is 1. The van der Waals surface area contributed by atoms with Gasteiger partial charge in [0.05, 0.1) is 6.54 Å². The average molecular weight is 440 g/mol. The van der Waals surface area contributed by atoms with Gasteiger partial charge in [0, 0.05) is 17.3 Å². The molecular weight excluding hydrogens is 421 g/mol. The maximum absolute atomic E-state index is 13.2. The first-order valence-corrected chi connectivity index (χ1v) is 9.91. The zero-order valence-corrected chi connectivity index (χ0v) is 17.4. The maximum atomic E-state index is 13.2. The molecule has 1 N–H and O–H groups in total. The summed E-state index contributed by atoms with van der Waals surface area (Å²) in [5.41, 5.74) is 1.73. The van der Waals surface area contributed by atoms with Crippen LogP contribution in [0, 0.1) is 12.7 Å². The van der Waals surface area contributed by atoms with E-state index >= 15 is 0 Å². The minimum absolute atomic E-state index is 0.152. The lowest BCUT2D eigenvalue weighted by Gasteiger charge is -2.06. The summed E-state index contributed by atoms with van der Waals surface area (Å²) in [4.78, 5) is 12.5. The van der Waals surface area contributed by atoms with E-state index in [2.05, 4.69) is 10.4 Å². The van der Waals surface area contributed by atoms with Gasteiger partial charge in [-0.05, 0) is 48.4 Å². The van der Waals surface area contributed by atoms with Crippen molar-refractivity contribution in [1.82, 2.24) is 9.78 Å². The van der Waals surface area contributed by atoms with Crippen LogP contribution in [0.25, 0.3) is 0 Å². The minimum atomic E-state index is -0.424. The van der Waals surface area contributed by atoms with Crippen LogP contribution in [0.2, 0.25) is 5.02 Å². The predicted molar refractivity (Wildman–Crippen MR) is 115 cm³/mol. The van der Waals surface area contributed by atoms with Gasteiger partial charge >= 0.3 is 0 Å². The summed E-state index contributed by atoms with van der Waals surface area (Å²) < 4.78 is 26.1. The van der Waals surface area contributed by atoms with Gasteiger partial charge in [-0.15, -0.1) is 0 Å². The van der Waals surface area contributed by atoms with Crippen LogP contribution in [0.5, 0.6) is 5.75 Å². The maximum Gasteiger partial charge on any atom is 0.292 e. The first-order valence-electron chi connectivity index (χ1n) is 9.54. The molecular formula is C23H19ClFN3O3. The van der Waals surface area contributed by atoms with E-state index in [0.29, 0.717) is 28.7 Å². The van der Waals surface area contributed by atoms with E-state index in [1.807, 2.05) is 31.2 Å². The predicted octanol–water partition coefficient (Wildman–Crippen LogP) is 5.46. The number of rotatable bonds is 7. The Labute approximate surface area is 183 Å². The van der Waals surface area contributed by atoms with E-state index in [9.17, 15) is 9.18 Å². The Balaban J connectivity index is 1.35. The second kappa shape index (κ2) is 9.06. The van der Waals surface area contributed by atoms with Crippen LogP contribution >= 0.6 is 11.6 Å². The average Bonchev–Trinajstić information content (AvgIpc) is 3.39. The summed E-state index contributed by atoms with van der Waals surface area (Å²) in [6.07, 6.45) is 1.69. The number of para-hydroxylation sites is 1. The highest BCUT2D eigenvalue weighted by Crippen LogP contribution is 2.20. The molecule has 2 aromatic carbocycles. The highest BCUT2D eigenvalue weighted by Gasteiger charge is 2.14. The number of ether oxygens (including phenoxy) is 1. The highest BCUT2D eigenvalue weighted by atomic mass is 35.5. The topological polar surface area (TPSA) is 69.3 Å². The number of benzene rings is 2. The van der Waals surface area contributed by atoms with Gasteiger partial charge in [-0.3, -0.25) is 9.48 Å². The van der Waals surface area contributed by atoms with Gasteiger partial charge in [0.25, 0.3) is 5.91 Å². The lowest BCUT2D eigenvalue weighted by molar-refractivity contribution is 0.0992. The number of aromatic nitrogens is 2. The molecule has 0 unspecified atom stereocenters. The summed E-state index contributed by atoms with van der Waals surface area (Å²) in [5, 5.41) is 7.30. The number of carbonyl (C=O) groups is 1. The van der Waals surface area contributed by atoms with E-state index < -0.39 is 11.7 Å². The summed E-state index contributed by atoms with van der Waals surface area (Å²) >= 11 is 6.05. The molecule has 2 aromatic heterocycles. The number of anilines is 1. The van der Waals surface area contributed by atoms with Crippen LogP contribution in [-0.4, -0.2) is 15.7 Å². The van der Waals surface area contributed by atoms with Gasteiger partial charge in [0.1, 0.15) is 23.9 Å². The molecule has 0 saturated heterocycles. The van der Waals surface area contributed by atoms with Gasteiger partial charge in [-0.2, -0.15) is 5.10 Å². The Morgan fingerprint density at radius 2 is 2.03 bits per heavy atom. The third-order valence-corrected chi connectivity index (χ3v) is 4.93. The Morgan fingerprint density at radius 3 is 2.84 bits per heavy atom. The lowest BCUT2D eigenvalue weighted by Crippen LogP contribution is -2.12. The standard InChI is InChI=1S/C23H19ClFN3O3/c1-15-4-2-3-5-20(15)30-14-18-8-9-21(31-18)23(29)26-22-10-11-28(27-22)13-16-6-7-17(25)12-19(16)24/h2-12H,13-14H2,1H3,(H,26,27,29). The van der Waals surface area contributed by atoms with Crippen molar-refractivity contribution in [3.8, 4) is 5.75 Å². The molecule has 4 aromatic rings. The number of nitrogens with zero attached hydrogens (tertiary/aromatic N) is 2. The molecule has 4 rings (SSSR count). The van der Waals surface area contributed by atoms with E-state index in [1.165, 1.54) is 12.1 Å². The number of nitrogens with one attached hydrogen (secondary N) is 1. The van der Waals surface area contributed by atoms with Gasteiger partial charge in [0.2, 0.25) is 0 Å². The molecule has 6 nitrogen and oxygen atoms in total. The van der Waals surface area contributed by atoms with Crippen molar-refractivity contribution in [3.63, 3.8) is 0 Å². The number of aryl methyl sites for hydroxylation is 1. The molecule has 158 valence electrons. The molecule has 0 aliphatic heterocycles. The van der Waals surface area contributed by atoms with Crippen molar-refractivity contribution in [2.45, 2.75) is 20.1 Å². The molecule has 31 heavy (non-hydrogen) atoms. The fourth-order valence-electron chi connectivity index (χ4n) is 2.96. The molecule has 0 spiro atoms. The zero-order valence-electron chi connectivity index (χ0n) is 16.6. The van der Waals surface area contributed by atoms with Crippen LogP contribution < -0.4 is 10.1 Å². The monoisotopic (exact) mass is 439 g/mol. The van der Waals surface area contributed by atoms with Crippen LogP contribution in [0.3, 0.4) is 0 Å². The van der Waals surface area contributed by atoms with Gasteiger partial charge in [-0.25, -0.2) is 4.39 Å². The van der Waals surface area contributed by atoms with Gasteiger partial charge < -0.3 is 14.5 Å². The Kier molecular flexibility index (Phi) is 6.04. The van der Waals surface area contributed by atoms with E-state index in [0.717, 1.165) is 11.3 Å². The zero-order chi connectivity index (χ0) is 21.8. The molecule has 0 bridgehead atoms. The molecule has 8 heteroatoms. The van der Waals surface area contributed by atoms with Crippen LogP contribution in [-0.2, 0) is 13.2 Å². The smallest absolute Gasteiger partial charge is 0.292 e. The van der Waals surface area contributed by atoms with Crippen molar-refractivity contribution in [2.75, 3.05) is 5.32 Å². The minimum Gasteiger partial charge on any atom is -0.485 e. The summed E-state index contributed by atoms with van der Waals surface area (Å²) in [6, 6.07) is 16.8. The van der Waals surface area contributed by atoms with E-state index in [4.69, 9.17) is 20.8 Å². The molecule has 0 aliphatic rings. The SMILES string of the molecule is Cc1ccccc1OCc1ccc(C(=O)Nc2ccn(Cc3ccc(F)cc3Cl)n2)o1. The van der Waals surface area contributed by atoms with Crippen LogP contribution in [0.4, 0.5) is 10.2 Å². The van der Waals surface area contributed by atoms with E-state index in [-0.39, 0.29) is 12.4 Å². The largest absolute Gasteiger partial charge is 0.485 e. The number of hydrogen-bond acceptors (Lipinski definition) is 4. The number of furan rings is 1. The highest BCUT2D eigenvalue weighted by molar-refractivity contribution is 6.31. The summed E-state index contributed by atoms with van der Waals surface area (Å²) in [7, 11) is 0. The lowest BCUT2D eigenvalue weighted by atomic mass is 10.2. The van der Waals surface area contributed by atoms with Crippen molar-refractivity contribution < 1.29 is 18.3 Å². The first-order chi connectivity index (χ1) is 15.0. The fourth-order valence-corrected chi connectivity index (χ4v) is 3.19. The summed E-state index contributed by atoms with van der Waals surface area (Å²) in [5.74, 6) is 0.981. The normalized spacial score (nSPS) is 10.8. The second-order valence-corrected chi connectivity index (χ2v) is 7.32. The Bertz CT molecular complexity index is 1220.